The third-order valence-electron chi connectivity index (χ3n) is 3.68. The second-order valence-corrected chi connectivity index (χ2v) is 5.92. The Morgan fingerprint density at radius 3 is 3.17 bits per heavy atom. The molecule has 2 aromatic heterocycles. The van der Waals surface area contributed by atoms with Gasteiger partial charge in [0, 0.05) is 29.9 Å². The van der Waals surface area contributed by atoms with Crippen molar-refractivity contribution in [1.29, 1.82) is 0 Å². The zero-order valence-electron chi connectivity index (χ0n) is 10.5. The molecule has 1 atom stereocenters. The van der Waals surface area contributed by atoms with Gasteiger partial charge in [0.2, 0.25) is 0 Å². The highest BCUT2D eigenvalue weighted by molar-refractivity contribution is 7.09. The normalized spacial score (nSPS) is 20.6. The Hall–Kier alpha value is -1.13. The van der Waals surface area contributed by atoms with Crippen molar-refractivity contribution in [2.75, 3.05) is 13.1 Å². The van der Waals surface area contributed by atoms with Crippen LogP contribution in [0.4, 0.5) is 0 Å². The average Bonchev–Trinajstić information content (AvgIpc) is 3.10. The number of thiophene rings is 1. The molecule has 4 heteroatoms. The van der Waals surface area contributed by atoms with Crippen LogP contribution in [0.25, 0.3) is 0 Å². The van der Waals surface area contributed by atoms with E-state index in [1.807, 2.05) is 23.6 Å². The third kappa shape index (κ3) is 2.82. The van der Waals surface area contributed by atoms with Crippen molar-refractivity contribution in [2.24, 2.45) is 0 Å². The van der Waals surface area contributed by atoms with Crippen LogP contribution in [0.15, 0.2) is 36.0 Å². The van der Waals surface area contributed by atoms with Crippen molar-refractivity contribution < 1.29 is 0 Å². The van der Waals surface area contributed by atoms with Crippen molar-refractivity contribution in [3.63, 3.8) is 0 Å². The summed E-state index contributed by atoms with van der Waals surface area (Å²) in [5.74, 6) is 0. The minimum absolute atomic E-state index is 0.671. The number of nitrogens with zero attached hydrogens (tertiary/aromatic N) is 3. The average molecular weight is 261 g/mol. The Morgan fingerprint density at radius 2 is 2.39 bits per heavy atom. The molecule has 3 nitrogen and oxygen atoms in total. The Morgan fingerprint density at radius 1 is 1.39 bits per heavy atom. The standard InChI is InChI=1S/C14H19N3S/c1-4-13(12-17-9-3-7-15-17)16(8-1)10-6-14-5-2-11-18-14/h2-3,5,7,9,11,13H,1,4,6,8,10,12H2/t13-/m1/s1. The summed E-state index contributed by atoms with van der Waals surface area (Å²) in [6.45, 7) is 3.47. The van der Waals surface area contributed by atoms with Crippen molar-refractivity contribution in [3.05, 3.63) is 40.8 Å². The smallest absolute Gasteiger partial charge is 0.0564 e. The Labute approximate surface area is 112 Å². The first kappa shape index (κ1) is 11.9. The topological polar surface area (TPSA) is 21.1 Å². The molecule has 1 fully saturated rings. The van der Waals surface area contributed by atoms with E-state index in [1.165, 1.54) is 37.2 Å². The number of likely N-dealkylation sites (tertiary alicyclic amines) is 1. The summed E-state index contributed by atoms with van der Waals surface area (Å²) in [4.78, 5) is 4.13. The van der Waals surface area contributed by atoms with Crippen LogP contribution in [0.2, 0.25) is 0 Å². The number of aromatic nitrogens is 2. The van der Waals surface area contributed by atoms with E-state index in [9.17, 15) is 0 Å². The second-order valence-electron chi connectivity index (χ2n) is 4.89. The lowest BCUT2D eigenvalue weighted by Gasteiger charge is -2.24. The molecular weight excluding hydrogens is 242 g/mol. The summed E-state index contributed by atoms with van der Waals surface area (Å²) in [6.07, 6.45) is 7.76. The van der Waals surface area contributed by atoms with E-state index in [-0.39, 0.29) is 0 Å². The van der Waals surface area contributed by atoms with Crippen molar-refractivity contribution in [2.45, 2.75) is 31.8 Å². The predicted molar refractivity (Wildman–Crippen MR) is 74.8 cm³/mol. The minimum atomic E-state index is 0.671. The first-order valence-electron chi connectivity index (χ1n) is 6.66. The fraction of sp³-hybridized carbons (Fsp3) is 0.500. The van der Waals surface area contributed by atoms with Crippen LogP contribution in [0.5, 0.6) is 0 Å². The lowest BCUT2D eigenvalue weighted by atomic mass is 10.2. The van der Waals surface area contributed by atoms with Crippen LogP contribution >= 0.6 is 11.3 Å². The zero-order valence-corrected chi connectivity index (χ0v) is 11.4. The molecule has 2 aromatic rings. The van der Waals surface area contributed by atoms with Gasteiger partial charge in [-0.05, 0) is 43.3 Å². The summed E-state index contributed by atoms with van der Waals surface area (Å²) in [5.41, 5.74) is 0. The molecule has 0 N–H and O–H groups in total. The van der Waals surface area contributed by atoms with Crippen molar-refractivity contribution in [3.8, 4) is 0 Å². The highest BCUT2D eigenvalue weighted by Crippen LogP contribution is 2.20. The van der Waals surface area contributed by atoms with E-state index in [1.54, 1.807) is 0 Å². The van der Waals surface area contributed by atoms with Crippen LogP contribution in [0.3, 0.4) is 0 Å². The molecule has 0 radical (unpaired) electrons. The molecule has 1 aliphatic heterocycles. The van der Waals surface area contributed by atoms with Crippen molar-refractivity contribution in [1.82, 2.24) is 14.7 Å². The zero-order chi connectivity index (χ0) is 12.2. The number of hydrogen-bond acceptors (Lipinski definition) is 3. The summed E-state index contributed by atoms with van der Waals surface area (Å²) >= 11 is 1.87. The SMILES string of the molecule is c1csc(CCN2CCC[C@@H]2Cn2cccn2)c1. The Kier molecular flexibility index (Phi) is 3.76. The molecule has 1 saturated heterocycles. The third-order valence-corrected chi connectivity index (χ3v) is 4.62. The van der Waals surface area contributed by atoms with Crippen LogP contribution in [-0.4, -0.2) is 33.8 Å². The lowest BCUT2D eigenvalue weighted by molar-refractivity contribution is 0.230. The minimum Gasteiger partial charge on any atom is -0.298 e. The van der Waals surface area contributed by atoms with Crippen LogP contribution in [0.1, 0.15) is 17.7 Å². The highest BCUT2D eigenvalue weighted by Gasteiger charge is 2.24. The molecule has 0 amide bonds. The fourth-order valence-electron chi connectivity index (χ4n) is 2.73. The van der Waals surface area contributed by atoms with Crippen LogP contribution in [-0.2, 0) is 13.0 Å². The maximum absolute atomic E-state index is 4.32. The van der Waals surface area contributed by atoms with Gasteiger partial charge in [-0.3, -0.25) is 9.58 Å². The Balaban J connectivity index is 1.54. The maximum atomic E-state index is 4.32. The van der Waals surface area contributed by atoms with Gasteiger partial charge in [0.1, 0.15) is 0 Å². The molecule has 96 valence electrons. The van der Waals surface area contributed by atoms with Gasteiger partial charge in [-0.15, -0.1) is 11.3 Å². The molecule has 18 heavy (non-hydrogen) atoms. The van der Waals surface area contributed by atoms with Gasteiger partial charge >= 0.3 is 0 Å². The van der Waals surface area contributed by atoms with E-state index in [0.29, 0.717) is 6.04 Å². The van der Waals surface area contributed by atoms with E-state index < -0.39 is 0 Å². The summed E-state index contributed by atoms with van der Waals surface area (Å²) < 4.78 is 2.06. The fourth-order valence-corrected chi connectivity index (χ4v) is 3.43. The van der Waals surface area contributed by atoms with Crippen LogP contribution < -0.4 is 0 Å². The largest absolute Gasteiger partial charge is 0.298 e. The van der Waals surface area contributed by atoms with Gasteiger partial charge in [0.05, 0.1) is 6.54 Å². The molecule has 1 aliphatic rings. The van der Waals surface area contributed by atoms with Gasteiger partial charge in [0.25, 0.3) is 0 Å². The molecule has 0 spiro atoms. The molecular formula is C14H19N3S. The monoisotopic (exact) mass is 261 g/mol. The van der Waals surface area contributed by atoms with Gasteiger partial charge in [-0.25, -0.2) is 0 Å². The van der Waals surface area contributed by atoms with Gasteiger partial charge in [-0.2, -0.15) is 5.10 Å². The molecule has 0 aliphatic carbocycles. The van der Waals surface area contributed by atoms with E-state index in [0.717, 1.165) is 6.54 Å². The van der Waals surface area contributed by atoms with E-state index in [2.05, 4.69) is 38.4 Å². The van der Waals surface area contributed by atoms with E-state index >= 15 is 0 Å². The molecule has 3 heterocycles. The summed E-state index contributed by atoms with van der Waals surface area (Å²) in [7, 11) is 0. The van der Waals surface area contributed by atoms with Crippen molar-refractivity contribution >= 4 is 11.3 Å². The molecule has 3 rings (SSSR count). The molecule has 0 aromatic carbocycles. The summed E-state index contributed by atoms with van der Waals surface area (Å²) in [6, 6.07) is 7.06. The van der Waals surface area contributed by atoms with Gasteiger partial charge < -0.3 is 0 Å². The first-order valence-corrected chi connectivity index (χ1v) is 7.53. The van der Waals surface area contributed by atoms with Gasteiger partial charge in [0.15, 0.2) is 0 Å². The predicted octanol–water partition coefficient (Wildman–Crippen LogP) is 2.65. The second kappa shape index (κ2) is 5.67. The van der Waals surface area contributed by atoms with Gasteiger partial charge in [-0.1, -0.05) is 6.07 Å². The molecule has 0 saturated carbocycles. The quantitative estimate of drug-likeness (QED) is 0.825. The first-order chi connectivity index (χ1) is 8.92. The molecule has 0 bridgehead atoms. The summed E-state index contributed by atoms with van der Waals surface area (Å²) in [5, 5.41) is 6.48. The van der Waals surface area contributed by atoms with Crippen LogP contribution in [0, 0.1) is 0 Å². The number of hydrogen-bond donors (Lipinski definition) is 0. The number of rotatable bonds is 5. The lowest BCUT2D eigenvalue weighted by Crippen LogP contribution is -2.34. The van der Waals surface area contributed by atoms with E-state index in [4.69, 9.17) is 0 Å². The maximum Gasteiger partial charge on any atom is 0.0564 e. The highest BCUT2D eigenvalue weighted by atomic mass is 32.1. The Bertz CT molecular complexity index is 449. The molecule has 0 unspecified atom stereocenters.